The van der Waals surface area contributed by atoms with E-state index in [0.717, 1.165) is 12.1 Å². The van der Waals surface area contributed by atoms with Crippen LogP contribution in [0.3, 0.4) is 0 Å². The predicted octanol–water partition coefficient (Wildman–Crippen LogP) is 4.58. The van der Waals surface area contributed by atoms with Gasteiger partial charge in [-0.1, -0.05) is 12.1 Å². The summed E-state index contributed by atoms with van der Waals surface area (Å²) in [5.41, 5.74) is 0.381. The standard InChI is InChI=1S/C16H13F3O2/c1-10(20)15-9-13(21-2)6-7-14(15)11-4-3-5-12(8-11)16(17,18)19/h3-9H,1-2H3. The van der Waals surface area contributed by atoms with E-state index in [-0.39, 0.29) is 5.78 Å². The van der Waals surface area contributed by atoms with Crippen molar-refractivity contribution in [1.82, 2.24) is 0 Å². The van der Waals surface area contributed by atoms with Gasteiger partial charge < -0.3 is 4.74 Å². The van der Waals surface area contributed by atoms with Gasteiger partial charge in [-0.3, -0.25) is 4.79 Å². The predicted molar refractivity (Wildman–Crippen MR) is 73.4 cm³/mol. The number of alkyl halides is 3. The van der Waals surface area contributed by atoms with Crippen LogP contribution in [-0.4, -0.2) is 12.9 Å². The van der Waals surface area contributed by atoms with Gasteiger partial charge >= 0.3 is 6.18 Å². The lowest BCUT2D eigenvalue weighted by molar-refractivity contribution is -0.137. The minimum Gasteiger partial charge on any atom is -0.497 e. The lowest BCUT2D eigenvalue weighted by atomic mass is 9.96. The van der Waals surface area contributed by atoms with E-state index in [1.807, 2.05) is 0 Å². The zero-order valence-electron chi connectivity index (χ0n) is 11.5. The van der Waals surface area contributed by atoms with Gasteiger partial charge in [-0.25, -0.2) is 0 Å². The fourth-order valence-corrected chi connectivity index (χ4v) is 2.06. The SMILES string of the molecule is COc1ccc(-c2cccc(C(F)(F)F)c2)c(C(C)=O)c1. The third-order valence-corrected chi connectivity index (χ3v) is 3.11. The van der Waals surface area contributed by atoms with Gasteiger partial charge in [0.2, 0.25) is 0 Å². The summed E-state index contributed by atoms with van der Waals surface area (Å²) in [4.78, 5) is 11.7. The van der Waals surface area contributed by atoms with Gasteiger partial charge in [0.05, 0.1) is 12.7 Å². The van der Waals surface area contributed by atoms with E-state index in [1.165, 1.54) is 26.2 Å². The summed E-state index contributed by atoms with van der Waals surface area (Å²) < 4.78 is 43.4. The van der Waals surface area contributed by atoms with Crippen LogP contribution in [0, 0.1) is 0 Å². The molecule has 0 N–H and O–H groups in total. The molecule has 0 heterocycles. The Labute approximate surface area is 120 Å². The molecule has 2 aromatic carbocycles. The van der Waals surface area contributed by atoms with Crippen molar-refractivity contribution in [3.63, 3.8) is 0 Å². The van der Waals surface area contributed by atoms with E-state index in [1.54, 1.807) is 18.2 Å². The molecule has 5 heteroatoms. The van der Waals surface area contributed by atoms with Gasteiger partial charge in [-0.05, 0) is 48.4 Å². The largest absolute Gasteiger partial charge is 0.497 e. The van der Waals surface area contributed by atoms with E-state index < -0.39 is 11.7 Å². The van der Waals surface area contributed by atoms with E-state index in [4.69, 9.17) is 4.74 Å². The number of carbonyl (C=O) groups is 1. The van der Waals surface area contributed by atoms with Crippen molar-refractivity contribution in [3.8, 4) is 16.9 Å². The van der Waals surface area contributed by atoms with Gasteiger partial charge in [-0.2, -0.15) is 13.2 Å². The number of hydrogen-bond acceptors (Lipinski definition) is 2. The molecule has 0 atom stereocenters. The number of hydrogen-bond donors (Lipinski definition) is 0. The van der Waals surface area contributed by atoms with E-state index in [2.05, 4.69) is 0 Å². The maximum Gasteiger partial charge on any atom is 0.416 e. The number of Topliss-reactive ketones (excluding diaryl/α,β-unsaturated/α-hetero) is 1. The number of halogens is 3. The van der Waals surface area contributed by atoms with Crippen molar-refractivity contribution < 1.29 is 22.7 Å². The lowest BCUT2D eigenvalue weighted by Gasteiger charge is -2.12. The van der Waals surface area contributed by atoms with Gasteiger partial charge in [-0.15, -0.1) is 0 Å². The zero-order chi connectivity index (χ0) is 15.6. The quantitative estimate of drug-likeness (QED) is 0.774. The van der Waals surface area contributed by atoms with Crippen molar-refractivity contribution in [2.45, 2.75) is 13.1 Å². The van der Waals surface area contributed by atoms with Gasteiger partial charge in [0.15, 0.2) is 5.78 Å². The smallest absolute Gasteiger partial charge is 0.416 e. The molecule has 0 unspecified atom stereocenters. The first kappa shape index (κ1) is 15.1. The second kappa shape index (κ2) is 5.60. The first-order chi connectivity index (χ1) is 9.82. The average Bonchev–Trinajstić information content (AvgIpc) is 2.45. The molecule has 0 saturated carbocycles. The molecular weight excluding hydrogens is 281 g/mol. The van der Waals surface area contributed by atoms with Crippen LogP contribution in [0.5, 0.6) is 5.75 Å². The normalized spacial score (nSPS) is 11.3. The first-order valence-corrected chi connectivity index (χ1v) is 6.19. The summed E-state index contributed by atoms with van der Waals surface area (Å²) in [7, 11) is 1.46. The number of ether oxygens (including phenoxy) is 1. The second-order valence-corrected chi connectivity index (χ2v) is 4.55. The molecule has 0 radical (unpaired) electrons. The highest BCUT2D eigenvalue weighted by molar-refractivity contribution is 6.01. The molecule has 0 aliphatic heterocycles. The van der Waals surface area contributed by atoms with E-state index in [0.29, 0.717) is 22.4 Å². The number of ketones is 1. The molecule has 2 aromatic rings. The van der Waals surface area contributed by atoms with Crippen LogP contribution < -0.4 is 4.74 Å². The molecule has 0 aromatic heterocycles. The van der Waals surface area contributed by atoms with E-state index in [9.17, 15) is 18.0 Å². The Kier molecular flexibility index (Phi) is 4.02. The van der Waals surface area contributed by atoms with Gasteiger partial charge in [0, 0.05) is 5.56 Å². The third kappa shape index (κ3) is 3.24. The van der Waals surface area contributed by atoms with Crippen LogP contribution in [0.2, 0.25) is 0 Å². The highest BCUT2D eigenvalue weighted by Crippen LogP contribution is 2.34. The van der Waals surface area contributed by atoms with Crippen LogP contribution >= 0.6 is 0 Å². The lowest BCUT2D eigenvalue weighted by Crippen LogP contribution is -2.05. The molecule has 0 spiro atoms. The van der Waals surface area contributed by atoms with Crippen molar-refractivity contribution in [2.75, 3.05) is 7.11 Å². The third-order valence-electron chi connectivity index (χ3n) is 3.11. The fourth-order valence-electron chi connectivity index (χ4n) is 2.06. The van der Waals surface area contributed by atoms with Crippen LogP contribution in [-0.2, 0) is 6.18 Å². The molecule has 0 fully saturated rings. The number of carbonyl (C=O) groups excluding carboxylic acids is 1. The number of methoxy groups -OCH3 is 1. The summed E-state index contributed by atoms with van der Waals surface area (Å²) >= 11 is 0. The summed E-state index contributed by atoms with van der Waals surface area (Å²) in [5.74, 6) is 0.247. The zero-order valence-corrected chi connectivity index (χ0v) is 11.5. The molecule has 21 heavy (non-hydrogen) atoms. The van der Waals surface area contributed by atoms with Crippen LogP contribution in [0.4, 0.5) is 13.2 Å². The Morgan fingerprint density at radius 2 is 1.81 bits per heavy atom. The topological polar surface area (TPSA) is 26.3 Å². The maximum absolute atomic E-state index is 12.8. The molecule has 0 saturated heterocycles. The summed E-state index contributed by atoms with van der Waals surface area (Å²) in [6.07, 6.45) is -4.42. The second-order valence-electron chi connectivity index (χ2n) is 4.55. The highest BCUT2D eigenvalue weighted by Gasteiger charge is 2.30. The molecular formula is C16H13F3O2. The number of rotatable bonds is 3. The van der Waals surface area contributed by atoms with Crippen LogP contribution in [0.15, 0.2) is 42.5 Å². The molecule has 110 valence electrons. The summed E-state index contributed by atoms with van der Waals surface area (Å²) in [5, 5.41) is 0. The van der Waals surface area contributed by atoms with Gasteiger partial charge in [0.1, 0.15) is 5.75 Å². The minimum absolute atomic E-state index is 0.235. The van der Waals surface area contributed by atoms with Crippen molar-refractivity contribution in [3.05, 3.63) is 53.6 Å². The van der Waals surface area contributed by atoms with E-state index >= 15 is 0 Å². The molecule has 0 aliphatic carbocycles. The summed E-state index contributed by atoms with van der Waals surface area (Å²) in [6.45, 7) is 1.37. The Balaban J connectivity index is 2.59. The molecule has 2 nitrogen and oxygen atoms in total. The number of benzene rings is 2. The average molecular weight is 294 g/mol. The van der Waals surface area contributed by atoms with Gasteiger partial charge in [0.25, 0.3) is 0 Å². The molecule has 0 bridgehead atoms. The van der Waals surface area contributed by atoms with Crippen LogP contribution in [0.25, 0.3) is 11.1 Å². The van der Waals surface area contributed by atoms with Crippen molar-refractivity contribution in [1.29, 1.82) is 0 Å². The Bertz CT molecular complexity index is 675. The molecule has 0 amide bonds. The summed E-state index contributed by atoms with van der Waals surface area (Å²) in [6, 6.07) is 9.63. The minimum atomic E-state index is -4.42. The monoisotopic (exact) mass is 294 g/mol. The van der Waals surface area contributed by atoms with Crippen molar-refractivity contribution >= 4 is 5.78 Å². The van der Waals surface area contributed by atoms with Crippen molar-refractivity contribution in [2.24, 2.45) is 0 Å². The fraction of sp³-hybridized carbons (Fsp3) is 0.188. The molecule has 2 rings (SSSR count). The maximum atomic E-state index is 12.8. The first-order valence-electron chi connectivity index (χ1n) is 6.19. The Hall–Kier alpha value is -2.30. The highest BCUT2D eigenvalue weighted by atomic mass is 19.4. The Morgan fingerprint density at radius 3 is 2.38 bits per heavy atom. The molecule has 0 aliphatic rings. The van der Waals surface area contributed by atoms with Crippen LogP contribution in [0.1, 0.15) is 22.8 Å². The Morgan fingerprint density at radius 1 is 1.10 bits per heavy atom.